The molecule has 0 atom stereocenters. The van der Waals surface area contributed by atoms with Crippen molar-refractivity contribution in [1.82, 2.24) is 10.3 Å². The first-order valence-corrected chi connectivity index (χ1v) is 11.1. The molecule has 5 nitrogen and oxygen atoms in total. The third-order valence-electron chi connectivity index (χ3n) is 5.13. The Morgan fingerprint density at radius 2 is 1.81 bits per heavy atom. The average Bonchev–Trinajstić information content (AvgIpc) is 3.18. The van der Waals surface area contributed by atoms with Gasteiger partial charge in [0, 0.05) is 22.7 Å². The van der Waals surface area contributed by atoms with Gasteiger partial charge in [-0.2, -0.15) is 0 Å². The van der Waals surface area contributed by atoms with Crippen LogP contribution < -0.4 is 10.6 Å². The quantitative estimate of drug-likeness (QED) is 0.351. The number of carbonyl (C=O) groups is 1. The normalized spacial score (nSPS) is 10.8. The molecule has 0 fully saturated rings. The minimum atomic E-state index is -0.316. The van der Waals surface area contributed by atoms with E-state index in [9.17, 15) is 4.79 Å². The third-order valence-corrected chi connectivity index (χ3v) is 5.74. The van der Waals surface area contributed by atoms with Gasteiger partial charge in [-0.3, -0.25) is 10.1 Å². The molecule has 32 heavy (non-hydrogen) atoms. The van der Waals surface area contributed by atoms with Crippen LogP contribution >= 0.6 is 23.8 Å². The van der Waals surface area contributed by atoms with Crippen molar-refractivity contribution in [3.05, 3.63) is 93.8 Å². The van der Waals surface area contributed by atoms with Crippen molar-refractivity contribution in [2.24, 2.45) is 0 Å². The van der Waals surface area contributed by atoms with Crippen LogP contribution in [0.1, 0.15) is 39.9 Å². The molecule has 3 aromatic carbocycles. The van der Waals surface area contributed by atoms with E-state index in [2.05, 4.69) is 34.7 Å². The van der Waals surface area contributed by atoms with E-state index < -0.39 is 0 Å². The summed E-state index contributed by atoms with van der Waals surface area (Å²) in [5.74, 6) is 0.358. The molecule has 1 heterocycles. The van der Waals surface area contributed by atoms with E-state index in [1.807, 2.05) is 37.3 Å². The summed E-state index contributed by atoms with van der Waals surface area (Å²) in [6, 6.07) is 19.0. The minimum absolute atomic E-state index is 0.213. The Bertz CT molecular complexity index is 1300. The Labute approximate surface area is 196 Å². The summed E-state index contributed by atoms with van der Waals surface area (Å²) in [6.45, 7) is 4.00. The first kappa shape index (κ1) is 22.0. The number of carbonyl (C=O) groups excluding carboxylic acids is 1. The lowest BCUT2D eigenvalue weighted by Crippen LogP contribution is -2.34. The molecular weight excluding hydrogens is 442 g/mol. The highest BCUT2D eigenvalue weighted by Crippen LogP contribution is 2.21. The molecule has 0 aliphatic heterocycles. The van der Waals surface area contributed by atoms with Crippen LogP contribution in [0.15, 0.2) is 65.1 Å². The van der Waals surface area contributed by atoms with Gasteiger partial charge in [-0.15, -0.1) is 0 Å². The van der Waals surface area contributed by atoms with Gasteiger partial charge in [-0.25, -0.2) is 4.98 Å². The average molecular weight is 464 g/mol. The lowest BCUT2D eigenvalue weighted by atomic mass is 10.1. The molecule has 0 saturated heterocycles. The zero-order valence-electron chi connectivity index (χ0n) is 17.7. The van der Waals surface area contributed by atoms with Crippen LogP contribution in [-0.4, -0.2) is 16.0 Å². The van der Waals surface area contributed by atoms with Crippen molar-refractivity contribution in [1.29, 1.82) is 0 Å². The monoisotopic (exact) mass is 463 g/mol. The SMILES string of the molecule is CCc1ccc2oc(Cc3ccc(NC(=S)NC(=O)c4ccc(C)c(Cl)c4)cc3)nc2c1. The molecule has 4 aromatic rings. The van der Waals surface area contributed by atoms with Gasteiger partial charge in [0.1, 0.15) is 5.52 Å². The Morgan fingerprint density at radius 1 is 1.06 bits per heavy atom. The molecule has 1 amide bonds. The number of aryl methyl sites for hydroxylation is 2. The summed E-state index contributed by atoms with van der Waals surface area (Å²) >= 11 is 11.4. The summed E-state index contributed by atoms with van der Waals surface area (Å²) in [6.07, 6.45) is 1.56. The molecule has 0 aliphatic rings. The third kappa shape index (κ3) is 5.15. The van der Waals surface area contributed by atoms with Crippen molar-refractivity contribution in [2.75, 3.05) is 5.32 Å². The standard InChI is InChI=1S/C25H22ClN3O2S/c1-3-16-7-11-22-21(12-16)28-23(31-22)13-17-5-9-19(10-6-17)27-25(32)29-24(30)18-8-4-15(2)20(26)14-18/h4-12,14H,3,13H2,1-2H3,(H2,27,29,30,32). The van der Waals surface area contributed by atoms with Crippen molar-refractivity contribution in [3.8, 4) is 0 Å². The van der Waals surface area contributed by atoms with Crippen LogP contribution in [0.5, 0.6) is 0 Å². The number of nitrogens with one attached hydrogen (secondary N) is 2. The summed E-state index contributed by atoms with van der Waals surface area (Å²) in [5.41, 5.74) is 6.10. The molecule has 0 bridgehead atoms. The Hall–Kier alpha value is -3.22. The minimum Gasteiger partial charge on any atom is -0.440 e. The van der Waals surface area contributed by atoms with Gasteiger partial charge in [0.2, 0.25) is 0 Å². The number of hydrogen-bond acceptors (Lipinski definition) is 4. The number of hydrogen-bond donors (Lipinski definition) is 2. The highest BCUT2D eigenvalue weighted by atomic mass is 35.5. The molecule has 0 spiro atoms. The number of rotatable bonds is 5. The number of thiocarbonyl (C=S) groups is 1. The number of aromatic nitrogens is 1. The largest absolute Gasteiger partial charge is 0.440 e. The van der Waals surface area contributed by atoms with Crippen molar-refractivity contribution in [3.63, 3.8) is 0 Å². The van der Waals surface area contributed by atoms with Crippen LogP contribution in [0.3, 0.4) is 0 Å². The van der Waals surface area contributed by atoms with E-state index in [0.717, 1.165) is 34.3 Å². The molecule has 0 aliphatic carbocycles. The molecule has 0 radical (unpaired) electrons. The maximum absolute atomic E-state index is 12.4. The first-order chi connectivity index (χ1) is 15.4. The molecular formula is C25H22ClN3O2S. The van der Waals surface area contributed by atoms with E-state index >= 15 is 0 Å². The topological polar surface area (TPSA) is 67.2 Å². The molecule has 162 valence electrons. The number of anilines is 1. The summed E-state index contributed by atoms with van der Waals surface area (Å²) < 4.78 is 5.86. The Morgan fingerprint density at radius 3 is 2.53 bits per heavy atom. The number of halogens is 1. The number of benzene rings is 3. The van der Waals surface area contributed by atoms with Crippen molar-refractivity contribution < 1.29 is 9.21 Å². The maximum atomic E-state index is 12.4. The molecule has 2 N–H and O–H groups in total. The zero-order chi connectivity index (χ0) is 22.7. The van der Waals surface area contributed by atoms with Gasteiger partial charge in [0.25, 0.3) is 5.91 Å². The van der Waals surface area contributed by atoms with Gasteiger partial charge in [-0.05, 0) is 78.7 Å². The van der Waals surface area contributed by atoms with Crippen LogP contribution in [0.25, 0.3) is 11.1 Å². The number of nitrogens with zero attached hydrogens (tertiary/aromatic N) is 1. The summed E-state index contributed by atoms with van der Waals surface area (Å²) in [5, 5.41) is 6.44. The highest BCUT2D eigenvalue weighted by Gasteiger charge is 2.10. The van der Waals surface area contributed by atoms with E-state index in [0.29, 0.717) is 22.9 Å². The fourth-order valence-electron chi connectivity index (χ4n) is 3.27. The second kappa shape index (κ2) is 9.51. The van der Waals surface area contributed by atoms with Crippen LogP contribution in [0.2, 0.25) is 5.02 Å². The van der Waals surface area contributed by atoms with Crippen molar-refractivity contribution >= 4 is 51.6 Å². The second-order valence-electron chi connectivity index (χ2n) is 7.51. The first-order valence-electron chi connectivity index (χ1n) is 10.3. The van der Waals surface area contributed by atoms with E-state index in [1.165, 1.54) is 5.56 Å². The van der Waals surface area contributed by atoms with Gasteiger partial charge in [-0.1, -0.05) is 42.8 Å². The Kier molecular flexibility index (Phi) is 6.53. The Balaban J connectivity index is 1.36. The van der Waals surface area contributed by atoms with Crippen molar-refractivity contribution in [2.45, 2.75) is 26.7 Å². The summed E-state index contributed by atoms with van der Waals surface area (Å²) in [4.78, 5) is 17.0. The number of amides is 1. The molecule has 7 heteroatoms. The summed E-state index contributed by atoms with van der Waals surface area (Å²) in [7, 11) is 0. The molecule has 0 saturated carbocycles. The lowest BCUT2D eigenvalue weighted by molar-refractivity contribution is 0.0977. The maximum Gasteiger partial charge on any atom is 0.257 e. The van der Waals surface area contributed by atoms with Gasteiger partial charge >= 0.3 is 0 Å². The van der Waals surface area contributed by atoms with Crippen LogP contribution in [-0.2, 0) is 12.8 Å². The second-order valence-corrected chi connectivity index (χ2v) is 8.32. The van der Waals surface area contributed by atoms with Gasteiger partial charge in [0.15, 0.2) is 16.6 Å². The predicted molar refractivity (Wildman–Crippen MR) is 133 cm³/mol. The van der Waals surface area contributed by atoms with E-state index in [-0.39, 0.29) is 11.0 Å². The van der Waals surface area contributed by atoms with Crippen LogP contribution in [0, 0.1) is 6.92 Å². The van der Waals surface area contributed by atoms with Gasteiger partial charge in [0.05, 0.1) is 0 Å². The molecule has 4 rings (SSSR count). The fourth-order valence-corrected chi connectivity index (χ4v) is 3.66. The predicted octanol–water partition coefficient (Wildman–Crippen LogP) is 6.07. The van der Waals surface area contributed by atoms with Crippen LogP contribution in [0.4, 0.5) is 5.69 Å². The zero-order valence-corrected chi connectivity index (χ0v) is 19.3. The number of fused-ring (bicyclic) bond motifs is 1. The fraction of sp³-hybridized carbons (Fsp3) is 0.160. The van der Waals surface area contributed by atoms with Gasteiger partial charge < -0.3 is 9.73 Å². The number of oxazole rings is 1. The van der Waals surface area contributed by atoms with E-state index in [1.54, 1.807) is 18.2 Å². The van der Waals surface area contributed by atoms with E-state index in [4.69, 9.17) is 28.2 Å². The molecule has 1 aromatic heterocycles. The smallest absolute Gasteiger partial charge is 0.257 e. The molecule has 0 unspecified atom stereocenters. The lowest BCUT2D eigenvalue weighted by Gasteiger charge is -2.10. The highest BCUT2D eigenvalue weighted by molar-refractivity contribution is 7.80.